The third-order valence-corrected chi connectivity index (χ3v) is 2.97. The van der Waals surface area contributed by atoms with Gasteiger partial charge >= 0.3 is 6.18 Å². The van der Waals surface area contributed by atoms with Crippen molar-refractivity contribution < 1.29 is 14.5 Å². The van der Waals surface area contributed by atoms with E-state index in [4.69, 9.17) is 13.0 Å². The van der Waals surface area contributed by atoms with Gasteiger partial charge in [0.05, 0.1) is 1.37 Å². The summed E-state index contributed by atoms with van der Waals surface area (Å²) in [4.78, 5) is 16.1. The lowest BCUT2D eigenvalue weighted by Crippen LogP contribution is -2.34. The van der Waals surface area contributed by atoms with Crippen molar-refractivity contribution in [3.05, 3.63) is 23.3 Å². The van der Waals surface area contributed by atoms with Gasteiger partial charge in [0.25, 0.3) is 0 Å². The van der Waals surface area contributed by atoms with Crippen molar-refractivity contribution >= 4 is 23.5 Å². The maximum atomic E-state index is 12.8. The van der Waals surface area contributed by atoms with Crippen LogP contribution in [0.15, 0.2) is 18.2 Å². The maximum absolute atomic E-state index is 12.8. The Balaban J connectivity index is 2.44. The Morgan fingerprint density at radius 2 is 1.71 bits per heavy atom. The summed E-state index contributed by atoms with van der Waals surface area (Å²) in [6, 6.07) is 0.982. The number of aromatic nitrogens is 4. The molecule has 0 unspecified atom stereocenters. The molecule has 10 heteroatoms. The summed E-state index contributed by atoms with van der Waals surface area (Å²) >= 11 is 5.82. The van der Waals surface area contributed by atoms with E-state index in [0.29, 0.717) is 0 Å². The Morgan fingerprint density at radius 1 is 1.08 bits per heavy atom. The van der Waals surface area contributed by atoms with E-state index in [1.807, 2.05) is 13.8 Å². The lowest BCUT2D eigenvalue weighted by atomic mass is 10.3. The van der Waals surface area contributed by atoms with Crippen LogP contribution < -0.4 is 10.6 Å². The van der Waals surface area contributed by atoms with E-state index in [1.54, 1.807) is 0 Å². The number of nitrogens with one attached hydrogen (secondary N) is 2. The lowest BCUT2D eigenvalue weighted by molar-refractivity contribution is -0.138. The number of hydrogen-bond acceptors (Lipinski definition) is 6. The van der Waals surface area contributed by atoms with Crippen LogP contribution in [0.5, 0.6) is 0 Å². The Bertz CT molecular complexity index is 756. The number of hydrogen-bond donors (Lipinski definition) is 2. The van der Waals surface area contributed by atoms with Crippen LogP contribution in [-0.4, -0.2) is 38.2 Å². The number of rotatable bonds is 5. The first-order chi connectivity index (χ1) is 11.6. The molecule has 24 heavy (non-hydrogen) atoms. The summed E-state index contributed by atoms with van der Waals surface area (Å²) in [5.41, 5.74) is 0.220. The van der Waals surface area contributed by atoms with Gasteiger partial charge in [0, 0.05) is 6.04 Å². The van der Waals surface area contributed by atoms with Crippen molar-refractivity contribution in [3.63, 3.8) is 0 Å². The number of halogens is 4. The quantitative estimate of drug-likeness (QED) is 0.789. The molecule has 0 spiro atoms. The van der Waals surface area contributed by atoms with Crippen molar-refractivity contribution in [2.45, 2.75) is 39.0 Å². The summed E-state index contributed by atoms with van der Waals surface area (Å²) < 4.78 is 45.8. The average Bonchev–Trinajstić information content (AvgIpc) is 2.48. The second-order valence-corrected chi connectivity index (χ2v) is 5.64. The molecule has 130 valence electrons. The molecule has 0 radical (unpaired) electrons. The van der Waals surface area contributed by atoms with Crippen molar-refractivity contribution in [2.75, 3.05) is 10.6 Å². The Kier molecular flexibility index (Phi) is 4.98. The SMILES string of the molecule is [2H]c1ccc(-c2nc(NC(C)C)nc(N[C@H](C)C(F)(F)F)n2)nc1Cl. The van der Waals surface area contributed by atoms with Crippen LogP contribution in [0.25, 0.3) is 11.5 Å². The molecular weight excluding hydrogens is 345 g/mol. The first-order valence-electron chi connectivity index (χ1n) is 7.55. The zero-order chi connectivity index (χ0) is 18.8. The molecular formula is C14H16ClF3N6. The molecule has 2 heterocycles. The van der Waals surface area contributed by atoms with Crippen LogP contribution in [-0.2, 0) is 0 Å². The van der Waals surface area contributed by atoms with E-state index in [0.717, 1.165) is 6.92 Å². The maximum Gasteiger partial charge on any atom is 0.408 e. The van der Waals surface area contributed by atoms with Crippen molar-refractivity contribution in [1.82, 2.24) is 19.9 Å². The molecule has 0 aliphatic rings. The fourth-order valence-corrected chi connectivity index (χ4v) is 1.80. The smallest absolute Gasteiger partial charge is 0.352 e. The fourth-order valence-electron chi connectivity index (χ4n) is 1.64. The van der Waals surface area contributed by atoms with Gasteiger partial charge in [-0.3, -0.25) is 0 Å². The Hall–Kier alpha value is -2.16. The van der Waals surface area contributed by atoms with Crippen LogP contribution in [0.3, 0.4) is 0 Å². The molecule has 0 aliphatic heterocycles. The highest BCUT2D eigenvalue weighted by atomic mass is 35.5. The highest BCUT2D eigenvalue weighted by Crippen LogP contribution is 2.24. The highest BCUT2D eigenvalue weighted by Gasteiger charge is 2.36. The summed E-state index contributed by atoms with van der Waals surface area (Å²) in [5.74, 6) is -0.104. The molecule has 2 rings (SSSR count). The molecule has 0 saturated carbocycles. The second-order valence-electron chi connectivity index (χ2n) is 5.28. The zero-order valence-corrected chi connectivity index (χ0v) is 13.9. The van der Waals surface area contributed by atoms with Gasteiger partial charge < -0.3 is 10.6 Å². The van der Waals surface area contributed by atoms with E-state index in [1.165, 1.54) is 12.1 Å². The molecule has 2 aromatic rings. The van der Waals surface area contributed by atoms with Crippen molar-refractivity contribution in [1.29, 1.82) is 0 Å². The van der Waals surface area contributed by atoms with Gasteiger partial charge in [0.1, 0.15) is 16.9 Å². The van der Waals surface area contributed by atoms with Crippen LogP contribution in [0.2, 0.25) is 5.15 Å². The molecule has 0 saturated heterocycles. The molecule has 0 amide bonds. The number of nitrogens with zero attached hydrogens (tertiary/aromatic N) is 4. The Labute approximate surface area is 143 Å². The van der Waals surface area contributed by atoms with Gasteiger partial charge in [0.15, 0.2) is 5.82 Å². The van der Waals surface area contributed by atoms with E-state index >= 15 is 0 Å². The van der Waals surface area contributed by atoms with Crippen molar-refractivity contribution in [3.8, 4) is 11.5 Å². The van der Waals surface area contributed by atoms with Crippen LogP contribution in [0, 0.1) is 0 Å². The first-order valence-corrected chi connectivity index (χ1v) is 7.43. The summed E-state index contributed by atoms with van der Waals surface area (Å²) in [6.07, 6.45) is -4.45. The third-order valence-electron chi connectivity index (χ3n) is 2.78. The minimum atomic E-state index is -4.45. The summed E-state index contributed by atoms with van der Waals surface area (Å²) in [6.45, 7) is 4.63. The van der Waals surface area contributed by atoms with Gasteiger partial charge in [-0.25, -0.2) is 4.98 Å². The van der Waals surface area contributed by atoms with Crippen LogP contribution in [0.1, 0.15) is 22.1 Å². The van der Waals surface area contributed by atoms with E-state index in [2.05, 4.69) is 30.6 Å². The topological polar surface area (TPSA) is 75.6 Å². The van der Waals surface area contributed by atoms with E-state index in [9.17, 15) is 13.2 Å². The molecule has 2 aromatic heterocycles. The highest BCUT2D eigenvalue weighted by molar-refractivity contribution is 6.29. The number of alkyl halides is 3. The molecule has 0 fully saturated rings. The van der Waals surface area contributed by atoms with Gasteiger partial charge in [-0.2, -0.15) is 28.1 Å². The standard InChI is InChI=1S/C14H16ClF3N6/c1-7(2)19-12-22-11(9-5-4-6-10(15)21-9)23-13(24-12)20-8(3)14(16,17)18/h4-8H,1-3H3,(H2,19,20,22,23,24)/t8-/m1/s1/i6D. The minimum absolute atomic E-state index is 0.0176. The normalized spacial score (nSPS) is 13.6. The van der Waals surface area contributed by atoms with Crippen molar-refractivity contribution in [2.24, 2.45) is 0 Å². The van der Waals surface area contributed by atoms with E-state index < -0.39 is 12.2 Å². The van der Waals surface area contributed by atoms with Gasteiger partial charge in [-0.1, -0.05) is 17.7 Å². The minimum Gasteiger partial charge on any atom is -0.352 e. The van der Waals surface area contributed by atoms with Gasteiger partial charge in [0.2, 0.25) is 11.9 Å². The second kappa shape index (κ2) is 7.16. The number of anilines is 2. The summed E-state index contributed by atoms with van der Waals surface area (Å²) in [7, 11) is 0. The largest absolute Gasteiger partial charge is 0.408 e. The first kappa shape index (κ1) is 16.7. The molecule has 0 aromatic carbocycles. The molecule has 2 N–H and O–H groups in total. The molecule has 0 aliphatic carbocycles. The molecule has 1 atom stereocenters. The van der Waals surface area contributed by atoms with Crippen LogP contribution in [0.4, 0.5) is 25.1 Å². The fraction of sp³-hybridized carbons (Fsp3) is 0.429. The number of pyridine rings is 1. The Morgan fingerprint density at radius 3 is 2.25 bits per heavy atom. The third kappa shape index (κ3) is 4.92. The van der Waals surface area contributed by atoms with E-state index in [-0.39, 0.29) is 40.7 Å². The van der Waals surface area contributed by atoms with Crippen LogP contribution >= 0.6 is 11.6 Å². The monoisotopic (exact) mass is 361 g/mol. The predicted molar refractivity (Wildman–Crippen MR) is 86.0 cm³/mol. The lowest BCUT2D eigenvalue weighted by Gasteiger charge is -2.18. The molecule has 0 bridgehead atoms. The van der Waals surface area contributed by atoms with Gasteiger partial charge in [-0.15, -0.1) is 0 Å². The van der Waals surface area contributed by atoms with Gasteiger partial charge in [-0.05, 0) is 32.9 Å². The predicted octanol–water partition coefficient (Wildman–Crippen LogP) is 3.77. The average molecular weight is 362 g/mol. The molecule has 6 nitrogen and oxygen atoms in total. The zero-order valence-electron chi connectivity index (χ0n) is 14.1. The summed E-state index contributed by atoms with van der Waals surface area (Å²) in [5, 5.41) is 5.06.